The van der Waals surface area contributed by atoms with E-state index in [-0.39, 0.29) is 5.91 Å². The Labute approximate surface area is 113 Å². The van der Waals surface area contributed by atoms with Gasteiger partial charge in [0.1, 0.15) is 0 Å². The van der Waals surface area contributed by atoms with Gasteiger partial charge in [0.15, 0.2) is 5.76 Å². The van der Waals surface area contributed by atoms with Gasteiger partial charge in [-0.1, -0.05) is 0 Å². The molecule has 19 heavy (non-hydrogen) atoms. The zero-order valence-corrected chi connectivity index (χ0v) is 11.7. The molecule has 1 aliphatic heterocycles. The molecule has 1 fully saturated rings. The molecule has 1 aromatic heterocycles. The molecule has 1 amide bonds. The van der Waals surface area contributed by atoms with Crippen LogP contribution >= 0.6 is 0 Å². The second-order valence-corrected chi connectivity index (χ2v) is 5.31. The highest BCUT2D eigenvalue weighted by molar-refractivity contribution is 5.92. The number of nitrogens with two attached hydrogens (primary N) is 1. The molecule has 0 saturated carbocycles. The second kappa shape index (κ2) is 5.73. The molecule has 2 atom stereocenters. The smallest absolute Gasteiger partial charge is 0.301 e. The van der Waals surface area contributed by atoms with Crippen LogP contribution in [0.3, 0.4) is 0 Å². The first-order valence-corrected chi connectivity index (χ1v) is 6.54. The number of carbonyl (C=O) groups is 1. The molecular weight excluding hydrogens is 244 g/mol. The average Bonchev–Trinajstić information content (AvgIpc) is 2.83. The summed E-state index contributed by atoms with van der Waals surface area (Å²) in [6, 6.07) is 2.84. The standard InChI is InChI=1S/C13H22N4O2/c1-9-6-17(7-10(2)16(9)3)8-11-4-5-19-12(11)13(18)15-14/h4-5,9-10H,6-8,14H2,1-3H3,(H,15,18). The molecule has 0 bridgehead atoms. The molecule has 3 N–H and O–H groups in total. The summed E-state index contributed by atoms with van der Waals surface area (Å²) < 4.78 is 5.20. The summed E-state index contributed by atoms with van der Waals surface area (Å²) in [5.74, 6) is 5.08. The zero-order valence-electron chi connectivity index (χ0n) is 11.7. The quantitative estimate of drug-likeness (QED) is 0.471. The van der Waals surface area contributed by atoms with Crippen molar-refractivity contribution < 1.29 is 9.21 Å². The van der Waals surface area contributed by atoms with E-state index < -0.39 is 0 Å². The molecule has 1 aliphatic rings. The lowest BCUT2D eigenvalue weighted by Gasteiger charge is -2.42. The monoisotopic (exact) mass is 266 g/mol. The van der Waals surface area contributed by atoms with Gasteiger partial charge in [-0.3, -0.25) is 20.0 Å². The van der Waals surface area contributed by atoms with Crippen LogP contribution in [0.25, 0.3) is 0 Å². The van der Waals surface area contributed by atoms with Crippen LogP contribution in [0.5, 0.6) is 0 Å². The van der Waals surface area contributed by atoms with Crippen molar-refractivity contribution in [1.82, 2.24) is 15.2 Å². The normalized spacial score (nSPS) is 25.5. The maximum atomic E-state index is 11.6. The van der Waals surface area contributed by atoms with E-state index in [0.717, 1.165) is 18.7 Å². The fourth-order valence-electron chi connectivity index (χ4n) is 2.61. The van der Waals surface area contributed by atoms with E-state index in [1.54, 1.807) is 0 Å². The van der Waals surface area contributed by atoms with Gasteiger partial charge in [0.05, 0.1) is 6.26 Å². The highest BCUT2D eigenvalue weighted by Gasteiger charge is 2.27. The van der Waals surface area contributed by atoms with Crippen molar-refractivity contribution in [3.8, 4) is 0 Å². The summed E-state index contributed by atoms with van der Waals surface area (Å²) in [5.41, 5.74) is 2.99. The summed E-state index contributed by atoms with van der Waals surface area (Å²) in [6.45, 7) is 7.10. The first-order chi connectivity index (χ1) is 9.02. The first-order valence-electron chi connectivity index (χ1n) is 6.54. The van der Waals surface area contributed by atoms with E-state index in [4.69, 9.17) is 10.3 Å². The highest BCUT2D eigenvalue weighted by atomic mass is 16.3. The lowest BCUT2D eigenvalue weighted by atomic mass is 10.1. The molecule has 106 valence electrons. The van der Waals surface area contributed by atoms with Crippen molar-refractivity contribution >= 4 is 5.91 Å². The van der Waals surface area contributed by atoms with Crippen molar-refractivity contribution in [2.24, 2.45) is 5.84 Å². The largest absolute Gasteiger partial charge is 0.459 e. The van der Waals surface area contributed by atoms with Gasteiger partial charge < -0.3 is 4.42 Å². The molecule has 0 radical (unpaired) electrons. The minimum Gasteiger partial charge on any atom is -0.459 e. The molecule has 0 spiro atoms. The first kappa shape index (κ1) is 14.0. The van der Waals surface area contributed by atoms with E-state index in [1.807, 2.05) is 6.07 Å². The van der Waals surface area contributed by atoms with Gasteiger partial charge >= 0.3 is 5.91 Å². The summed E-state index contributed by atoms with van der Waals surface area (Å²) >= 11 is 0. The van der Waals surface area contributed by atoms with Gasteiger partial charge in [-0.25, -0.2) is 5.84 Å². The van der Waals surface area contributed by atoms with Gasteiger partial charge in [0.2, 0.25) is 0 Å². The van der Waals surface area contributed by atoms with Gasteiger partial charge in [-0.15, -0.1) is 0 Å². The van der Waals surface area contributed by atoms with Crippen LogP contribution in [-0.2, 0) is 6.54 Å². The molecule has 2 heterocycles. The minimum absolute atomic E-state index is 0.307. The number of nitrogen functional groups attached to an aromatic ring is 1. The molecule has 6 nitrogen and oxygen atoms in total. The number of piperazine rings is 1. The number of furan rings is 1. The molecule has 1 aromatic rings. The number of likely N-dealkylation sites (N-methyl/N-ethyl adjacent to an activating group) is 1. The van der Waals surface area contributed by atoms with Crippen LogP contribution in [0, 0.1) is 0 Å². The van der Waals surface area contributed by atoms with Crippen LogP contribution < -0.4 is 11.3 Å². The second-order valence-electron chi connectivity index (χ2n) is 5.31. The maximum Gasteiger partial charge on any atom is 0.301 e. The van der Waals surface area contributed by atoms with E-state index >= 15 is 0 Å². The number of rotatable bonds is 3. The molecule has 0 aliphatic carbocycles. The van der Waals surface area contributed by atoms with Crippen LogP contribution in [0.1, 0.15) is 30.0 Å². The Morgan fingerprint density at radius 2 is 2.11 bits per heavy atom. The lowest BCUT2D eigenvalue weighted by Crippen LogP contribution is -2.54. The van der Waals surface area contributed by atoms with Crippen LogP contribution in [0.4, 0.5) is 0 Å². The van der Waals surface area contributed by atoms with E-state index in [1.165, 1.54) is 6.26 Å². The fraction of sp³-hybridized carbons (Fsp3) is 0.615. The number of hydrogen-bond donors (Lipinski definition) is 2. The Morgan fingerprint density at radius 1 is 1.47 bits per heavy atom. The average molecular weight is 266 g/mol. The predicted molar refractivity (Wildman–Crippen MR) is 72.3 cm³/mol. The molecule has 0 aromatic carbocycles. The summed E-state index contributed by atoms with van der Waals surface area (Å²) in [4.78, 5) is 16.3. The highest BCUT2D eigenvalue weighted by Crippen LogP contribution is 2.18. The van der Waals surface area contributed by atoms with Crippen molar-refractivity contribution in [3.63, 3.8) is 0 Å². The van der Waals surface area contributed by atoms with Crippen LogP contribution in [-0.4, -0.2) is 47.9 Å². The maximum absolute atomic E-state index is 11.6. The summed E-state index contributed by atoms with van der Waals surface area (Å²) in [7, 11) is 2.15. The van der Waals surface area contributed by atoms with Gasteiger partial charge in [0.25, 0.3) is 0 Å². The van der Waals surface area contributed by atoms with E-state index in [2.05, 4.69) is 36.1 Å². The topological polar surface area (TPSA) is 74.7 Å². The Morgan fingerprint density at radius 3 is 2.68 bits per heavy atom. The number of hydrogen-bond acceptors (Lipinski definition) is 5. The Bertz CT molecular complexity index is 434. The molecule has 2 unspecified atom stereocenters. The minimum atomic E-state index is -0.379. The van der Waals surface area contributed by atoms with Crippen molar-refractivity contribution in [1.29, 1.82) is 0 Å². The summed E-state index contributed by atoms with van der Waals surface area (Å²) in [6.07, 6.45) is 1.53. The van der Waals surface area contributed by atoms with Crippen LogP contribution in [0.15, 0.2) is 16.7 Å². The third kappa shape index (κ3) is 2.97. The predicted octanol–water partition coefficient (Wildman–Crippen LogP) is 0.408. The van der Waals surface area contributed by atoms with Gasteiger partial charge in [-0.05, 0) is 27.0 Å². The zero-order chi connectivity index (χ0) is 14.0. The third-order valence-electron chi connectivity index (χ3n) is 3.91. The number of carbonyl (C=O) groups excluding carboxylic acids is 1. The van der Waals surface area contributed by atoms with E-state index in [0.29, 0.717) is 24.4 Å². The van der Waals surface area contributed by atoms with Crippen molar-refractivity contribution in [3.05, 3.63) is 23.7 Å². The molecule has 6 heteroatoms. The van der Waals surface area contributed by atoms with Crippen molar-refractivity contribution in [2.45, 2.75) is 32.5 Å². The van der Waals surface area contributed by atoms with Gasteiger partial charge in [-0.2, -0.15) is 0 Å². The lowest BCUT2D eigenvalue weighted by molar-refractivity contribution is 0.0552. The number of amides is 1. The van der Waals surface area contributed by atoms with Gasteiger partial charge in [0, 0.05) is 37.3 Å². The Kier molecular flexibility index (Phi) is 4.24. The molecule has 1 saturated heterocycles. The molecular formula is C13H22N4O2. The SMILES string of the molecule is CC1CN(Cc2ccoc2C(=O)NN)CC(C)N1C. The van der Waals surface area contributed by atoms with Crippen LogP contribution in [0.2, 0.25) is 0 Å². The number of hydrazine groups is 1. The van der Waals surface area contributed by atoms with E-state index in [9.17, 15) is 4.79 Å². The van der Waals surface area contributed by atoms with Crippen molar-refractivity contribution in [2.75, 3.05) is 20.1 Å². The summed E-state index contributed by atoms with van der Waals surface area (Å²) in [5, 5.41) is 0. The fourth-order valence-corrected chi connectivity index (χ4v) is 2.61. The number of nitrogens with zero attached hydrogens (tertiary/aromatic N) is 2. The molecule has 2 rings (SSSR count). The number of nitrogens with one attached hydrogen (secondary N) is 1. The Balaban J connectivity index is 2.06. The third-order valence-corrected chi connectivity index (χ3v) is 3.91. The Hall–Kier alpha value is -1.37.